The van der Waals surface area contributed by atoms with E-state index in [4.69, 9.17) is 10.6 Å². The molecule has 0 saturated heterocycles. The smallest absolute Gasteiger partial charge is 0.145 e. The number of aromatic nitrogens is 2. The van der Waals surface area contributed by atoms with Crippen molar-refractivity contribution >= 4 is 17.3 Å². The number of anilines is 3. The Labute approximate surface area is 118 Å². The highest BCUT2D eigenvalue weighted by Gasteiger charge is 2.09. The summed E-state index contributed by atoms with van der Waals surface area (Å²) in [5, 5.41) is 3.22. The second-order valence-electron chi connectivity index (χ2n) is 4.62. The molecule has 0 aliphatic heterocycles. The number of hydrazine groups is 1. The second-order valence-corrected chi connectivity index (χ2v) is 4.62. The molecule has 2 aromatic rings. The van der Waals surface area contributed by atoms with Gasteiger partial charge in [-0.15, -0.1) is 0 Å². The Balaban J connectivity index is 2.35. The average molecular weight is 273 g/mol. The predicted molar refractivity (Wildman–Crippen MR) is 80.2 cm³/mol. The summed E-state index contributed by atoms with van der Waals surface area (Å²) in [7, 11) is 1.63. The van der Waals surface area contributed by atoms with Gasteiger partial charge in [0.2, 0.25) is 0 Å². The van der Waals surface area contributed by atoms with Crippen LogP contribution in [0.2, 0.25) is 0 Å². The van der Waals surface area contributed by atoms with Gasteiger partial charge in [0.15, 0.2) is 0 Å². The van der Waals surface area contributed by atoms with Gasteiger partial charge in [-0.2, -0.15) is 0 Å². The first-order valence-electron chi connectivity index (χ1n) is 6.39. The van der Waals surface area contributed by atoms with E-state index < -0.39 is 0 Å². The van der Waals surface area contributed by atoms with Crippen LogP contribution in [0.3, 0.4) is 0 Å². The van der Waals surface area contributed by atoms with E-state index in [0.717, 1.165) is 17.3 Å². The molecule has 0 spiro atoms. The molecule has 0 bridgehead atoms. The van der Waals surface area contributed by atoms with Crippen molar-refractivity contribution in [3.8, 4) is 5.75 Å². The zero-order valence-corrected chi connectivity index (χ0v) is 11.8. The van der Waals surface area contributed by atoms with Crippen LogP contribution in [0.1, 0.15) is 25.6 Å². The van der Waals surface area contributed by atoms with E-state index in [9.17, 15) is 0 Å². The van der Waals surface area contributed by atoms with Crippen molar-refractivity contribution in [2.75, 3.05) is 17.9 Å². The van der Waals surface area contributed by atoms with Crippen LogP contribution in [-0.2, 0) is 0 Å². The van der Waals surface area contributed by atoms with Crippen LogP contribution < -0.4 is 21.3 Å². The SMILES string of the molecule is COc1ccccc1Nc1cc(NN)nc(C(C)C)n1. The van der Waals surface area contributed by atoms with E-state index in [1.54, 1.807) is 13.2 Å². The third-order valence-corrected chi connectivity index (χ3v) is 2.78. The first-order valence-corrected chi connectivity index (χ1v) is 6.39. The van der Waals surface area contributed by atoms with Crippen LogP contribution in [0, 0.1) is 0 Å². The fourth-order valence-corrected chi connectivity index (χ4v) is 1.75. The number of benzene rings is 1. The van der Waals surface area contributed by atoms with Crippen molar-refractivity contribution in [1.29, 1.82) is 0 Å². The summed E-state index contributed by atoms with van der Waals surface area (Å²) in [6.07, 6.45) is 0. The Hall–Kier alpha value is -2.34. The maximum absolute atomic E-state index is 5.44. The Morgan fingerprint density at radius 1 is 1.15 bits per heavy atom. The molecule has 0 fully saturated rings. The van der Waals surface area contributed by atoms with Crippen molar-refractivity contribution in [3.05, 3.63) is 36.2 Å². The van der Waals surface area contributed by atoms with Crippen LogP contribution in [0.4, 0.5) is 17.3 Å². The quantitative estimate of drug-likeness (QED) is 0.573. The lowest BCUT2D eigenvalue weighted by atomic mass is 10.2. The highest BCUT2D eigenvalue weighted by Crippen LogP contribution is 2.27. The molecule has 4 N–H and O–H groups in total. The molecule has 1 aromatic heterocycles. The predicted octanol–water partition coefficient (Wildman–Crippen LogP) is 2.64. The summed E-state index contributed by atoms with van der Waals surface area (Å²) >= 11 is 0. The van der Waals surface area contributed by atoms with Crippen LogP contribution in [-0.4, -0.2) is 17.1 Å². The number of ether oxygens (including phenoxy) is 1. The highest BCUT2D eigenvalue weighted by atomic mass is 16.5. The molecule has 0 unspecified atom stereocenters. The van der Waals surface area contributed by atoms with E-state index in [2.05, 4.69) is 20.7 Å². The third kappa shape index (κ3) is 3.16. The number of methoxy groups -OCH3 is 1. The van der Waals surface area contributed by atoms with Gasteiger partial charge in [-0.25, -0.2) is 15.8 Å². The number of nitrogen functional groups attached to an aromatic ring is 1. The molecule has 1 aromatic carbocycles. The Morgan fingerprint density at radius 3 is 2.50 bits per heavy atom. The number of para-hydroxylation sites is 2. The fourth-order valence-electron chi connectivity index (χ4n) is 1.75. The summed E-state index contributed by atoms with van der Waals surface area (Å²) in [6.45, 7) is 4.06. The zero-order valence-electron chi connectivity index (χ0n) is 11.8. The van der Waals surface area contributed by atoms with Gasteiger partial charge < -0.3 is 15.5 Å². The lowest BCUT2D eigenvalue weighted by molar-refractivity contribution is 0.417. The summed E-state index contributed by atoms with van der Waals surface area (Å²) in [5.74, 6) is 8.36. The highest BCUT2D eigenvalue weighted by molar-refractivity contribution is 5.65. The topological polar surface area (TPSA) is 85.1 Å². The van der Waals surface area contributed by atoms with E-state index >= 15 is 0 Å². The van der Waals surface area contributed by atoms with Gasteiger partial charge in [-0.1, -0.05) is 26.0 Å². The maximum atomic E-state index is 5.44. The number of rotatable bonds is 5. The van der Waals surface area contributed by atoms with Crippen molar-refractivity contribution in [3.63, 3.8) is 0 Å². The average Bonchev–Trinajstić information content (AvgIpc) is 2.47. The Bertz CT molecular complexity index is 586. The van der Waals surface area contributed by atoms with Gasteiger partial charge in [-0.05, 0) is 12.1 Å². The Morgan fingerprint density at radius 2 is 1.85 bits per heavy atom. The van der Waals surface area contributed by atoms with E-state index in [0.29, 0.717) is 11.6 Å². The molecule has 6 heteroatoms. The largest absolute Gasteiger partial charge is 0.495 e. The first-order chi connectivity index (χ1) is 9.63. The van der Waals surface area contributed by atoms with Crippen LogP contribution in [0.25, 0.3) is 0 Å². The van der Waals surface area contributed by atoms with Gasteiger partial charge in [0.25, 0.3) is 0 Å². The Kier molecular flexibility index (Phi) is 4.37. The van der Waals surface area contributed by atoms with Crippen molar-refractivity contribution < 1.29 is 4.74 Å². The molecule has 1 heterocycles. The maximum Gasteiger partial charge on any atom is 0.145 e. The van der Waals surface area contributed by atoms with E-state index in [1.807, 2.05) is 38.1 Å². The molecule has 0 aliphatic carbocycles. The third-order valence-electron chi connectivity index (χ3n) is 2.78. The molecule has 0 aliphatic rings. The van der Waals surface area contributed by atoms with Gasteiger partial charge in [0.05, 0.1) is 12.8 Å². The summed E-state index contributed by atoms with van der Waals surface area (Å²) in [4.78, 5) is 8.80. The van der Waals surface area contributed by atoms with Crippen LogP contribution in [0.15, 0.2) is 30.3 Å². The second kappa shape index (κ2) is 6.21. The molecule has 2 rings (SSSR count). The number of hydrogen-bond acceptors (Lipinski definition) is 6. The molecule has 106 valence electrons. The molecule has 0 saturated carbocycles. The molecule has 20 heavy (non-hydrogen) atoms. The molecule has 0 radical (unpaired) electrons. The lowest BCUT2D eigenvalue weighted by Crippen LogP contribution is -2.12. The standard InChI is InChI=1S/C14H19N5O/c1-9(2)14-17-12(8-13(18-14)19-15)16-10-6-4-5-7-11(10)20-3/h4-9H,15H2,1-3H3,(H2,16,17,18,19). The molecule has 0 amide bonds. The number of hydrogen-bond donors (Lipinski definition) is 3. The number of nitrogens with zero attached hydrogens (tertiary/aromatic N) is 2. The van der Waals surface area contributed by atoms with E-state index in [1.165, 1.54) is 0 Å². The summed E-state index contributed by atoms with van der Waals surface area (Å²) in [6, 6.07) is 9.40. The summed E-state index contributed by atoms with van der Waals surface area (Å²) < 4.78 is 5.31. The van der Waals surface area contributed by atoms with Gasteiger partial charge in [0.1, 0.15) is 23.2 Å². The lowest BCUT2D eigenvalue weighted by Gasteiger charge is -2.13. The molecule has 0 atom stereocenters. The van der Waals surface area contributed by atoms with Gasteiger partial charge in [0, 0.05) is 12.0 Å². The number of nitrogens with one attached hydrogen (secondary N) is 2. The van der Waals surface area contributed by atoms with Crippen LogP contribution in [0.5, 0.6) is 5.75 Å². The van der Waals surface area contributed by atoms with Crippen molar-refractivity contribution in [1.82, 2.24) is 9.97 Å². The number of nitrogens with two attached hydrogens (primary N) is 1. The molecular weight excluding hydrogens is 254 g/mol. The van der Waals surface area contributed by atoms with E-state index in [-0.39, 0.29) is 5.92 Å². The van der Waals surface area contributed by atoms with Crippen molar-refractivity contribution in [2.24, 2.45) is 5.84 Å². The van der Waals surface area contributed by atoms with Crippen molar-refractivity contribution in [2.45, 2.75) is 19.8 Å². The minimum absolute atomic E-state index is 0.210. The van der Waals surface area contributed by atoms with Gasteiger partial charge >= 0.3 is 0 Å². The normalized spacial score (nSPS) is 10.4. The molecule has 6 nitrogen and oxygen atoms in total. The minimum Gasteiger partial charge on any atom is -0.495 e. The first kappa shape index (κ1) is 14.1. The minimum atomic E-state index is 0.210. The van der Waals surface area contributed by atoms with Crippen LogP contribution >= 0.6 is 0 Å². The zero-order chi connectivity index (χ0) is 14.5. The molecular formula is C14H19N5O. The fraction of sp³-hybridized carbons (Fsp3) is 0.286. The summed E-state index contributed by atoms with van der Waals surface area (Å²) in [5.41, 5.74) is 3.39. The van der Waals surface area contributed by atoms with Gasteiger partial charge in [-0.3, -0.25) is 0 Å². The monoisotopic (exact) mass is 273 g/mol.